The summed E-state index contributed by atoms with van der Waals surface area (Å²) in [6.07, 6.45) is 3.01. The van der Waals surface area contributed by atoms with Crippen molar-refractivity contribution in [2.24, 2.45) is 7.05 Å². The van der Waals surface area contributed by atoms with E-state index >= 15 is 0 Å². The van der Waals surface area contributed by atoms with Crippen molar-refractivity contribution < 1.29 is 17.2 Å². The number of aromatic nitrogens is 5. The zero-order chi connectivity index (χ0) is 23.3. The third kappa shape index (κ3) is 3.49. The van der Waals surface area contributed by atoms with Crippen molar-refractivity contribution in [3.8, 4) is 0 Å². The molecular formula is C21H14F2N6O3S. The number of hydrogen-bond acceptors (Lipinski definition) is 7. The highest BCUT2D eigenvalue weighted by Crippen LogP contribution is 2.25. The number of pyridine rings is 1. The Morgan fingerprint density at radius 1 is 1.00 bits per heavy atom. The van der Waals surface area contributed by atoms with Crippen molar-refractivity contribution >= 4 is 43.4 Å². The summed E-state index contributed by atoms with van der Waals surface area (Å²) >= 11 is 0. The number of nitrogens with one attached hydrogen (secondary N) is 2. The van der Waals surface area contributed by atoms with Gasteiger partial charge in [0.25, 0.3) is 5.56 Å². The first-order chi connectivity index (χ1) is 15.7. The Kier molecular flexibility index (Phi) is 4.67. The molecule has 2 N–H and O–H groups in total. The lowest BCUT2D eigenvalue weighted by Crippen LogP contribution is -2.25. The zero-order valence-corrected chi connectivity index (χ0v) is 17.7. The molecule has 33 heavy (non-hydrogen) atoms. The summed E-state index contributed by atoms with van der Waals surface area (Å²) in [6, 6.07) is 8.57. The number of aryl methyl sites for hydroxylation is 1. The average Bonchev–Trinajstić information content (AvgIpc) is 3.24. The first-order valence-electron chi connectivity index (χ1n) is 9.51. The third-order valence-corrected chi connectivity index (χ3v) is 6.87. The molecule has 0 bridgehead atoms. The normalized spacial score (nSPS) is 11.8. The molecule has 0 saturated heterocycles. The Hall–Kier alpha value is -4.19. The van der Waals surface area contributed by atoms with E-state index in [4.69, 9.17) is 0 Å². The third-order valence-electron chi connectivity index (χ3n) is 5.08. The Labute approximate surface area is 184 Å². The molecule has 0 spiro atoms. The topological polar surface area (TPSA) is 123 Å². The van der Waals surface area contributed by atoms with Crippen molar-refractivity contribution in [2.75, 3.05) is 5.32 Å². The van der Waals surface area contributed by atoms with Gasteiger partial charge in [0.1, 0.15) is 27.1 Å². The SMILES string of the molecule is Cn1c(=O)c(S(=O)(=O)c2ccc(F)cc2F)cc2cnc(Nc3ccc4[nH]ncc4c3)nc21. The van der Waals surface area contributed by atoms with E-state index in [9.17, 15) is 22.0 Å². The van der Waals surface area contributed by atoms with Crippen LogP contribution in [0.5, 0.6) is 0 Å². The maximum atomic E-state index is 14.1. The molecule has 0 aliphatic heterocycles. The standard InChI is InChI=1S/C21H14F2N6O3S/c1-29-19-12(7-18(20(29)30)33(31,32)17-5-2-13(22)8-15(17)23)9-24-21(27-19)26-14-3-4-16-11(6-14)10-25-28-16/h2-10H,1H3,(H,25,28)(H,24,26,27). The van der Waals surface area contributed by atoms with Gasteiger partial charge in [-0.05, 0) is 36.4 Å². The van der Waals surface area contributed by atoms with Gasteiger partial charge < -0.3 is 5.32 Å². The van der Waals surface area contributed by atoms with Crippen LogP contribution >= 0.6 is 0 Å². The predicted molar refractivity (Wildman–Crippen MR) is 116 cm³/mol. The second-order valence-corrected chi connectivity index (χ2v) is 9.11. The lowest BCUT2D eigenvalue weighted by atomic mass is 10.2. The molecule has 12 heteroatoms. The molecule has 5 rings (SSSR count). The van der Waals surface area contributed by atoms with Gasteiger partial charge in [-0.3, -0.25) is 14.5 Å². The van der Waals surface area contributed by atoms with Crippen LogP contribution in [0.1, 0.15) is 0 Å². The van der Waals surface area contributed by atoms with Gasteiger partial charge in [-0.25, -0.2) is 22.2 Å². The quantitative estimate of drug-likeness (QED) is 0.389. The Morgan fingerprint density at radius 2 is 1.82 bits per heavy atom. The number of benzene rings is 2. The van der Waals surface area contributed by atoms with Crippen LogP contribution in [0, 0.1) is 11.6 Å². The van der Waals surface area contributed by atoms with E-state index < -0.39 is 36.8 Å². The molecule has 0 aliphatic rings. The summed E-state index contributed by atoms with van der Waals surface area (Å²) in [5.74, 6) is -2.04. The Balaban J connectivity index is 1.58. The van der Waals surface area contributed by atoms with E-state index in [1.165, 1.54) is 13.2 Å². The van der Waals surface area contributed by atoms with E-state index in [-0.39, 0.29) is 17.0 Å². The van der Waals surface area contributed by atoms with Crippen LogP contribution in [0.25, 0.3) is 21.9 Å². The predicted octanol–water partition coefficient (Wildman–Crippen LogP) is 3.06. The highest BCUT2D eigenvalue weighted by molar-refractivity contribution is 7.91. The molecule has 166 valence electrons. The minimum absolute atomic E-state index is 0.167. The fraction of sp³-hybridized carbons (Fsp3) is 0.0476. The van der Waals surface area contributed by atoms with E-state index in [0.717, 1.165) is 33.7 Å². The molecule has 0 saturated carbocycles. The zero-order valence-electron chi connectivity index (χ0n) is 16.9. The summed E-state index contributed by atoms with van der Waals surface area (Å²) in [5.41, 5.74) is 0.795. The minimum Gasteiger partial charge on any atom is -0.324 e. The smallest absolute Gasteiger partial charge is 0.271 e. The maximum Gasteiger partial charge on any atom is 0.271 e. The first kappa shape index (κ1) is 20.7. The molecule has 3 aromatic heterocycles. The minimum atomic E-state index is -4.56. The molecule has 3 heterocycles. The number of fused-ring (bicyclic) bond motifs is 2. The van der Waals surface area contributed by atoms with Gasteiger partial charge in [-0.2, -0.15) is 10.1 Å². The van der Waals surface area contributed by atoms with Crippen molar-refractivity contribution in [1.29, 1.82) is 0 Å². The van der Waals surface area contributed by atoms with Gasteiger partial charge in [0.05, 0.1) is 11.7 Å². The number of aromatic amines is 1. The van der Waals surface area contributed by atoms with Gasteiger partial charge >= 0.3 is 0 Å². The number of sulfone groups is 1. The molecular weight excluding hydrogens is 454 g/mol. The molecule has 0 fully saturated rings. The molecule has 2 aromatic carbocycles. The van der Waals surface area contributed by atoms with Crippen LogP contribution in [0.4, 0.5) is 20.4 Å². The van der Waals surface area contributed by atoms with Gasteiger partial charge in [-0.1, -0.05) is 0 Å². The summed E-state index contributed by atoms with van der Waals surface area (Å²) in [6.45, 7) is 0. The second-order valence-electron chi connectivity index (χ2n) is 7.22. The van der Waals surface area contributed by atoms with Gasteiger partial charge in [0.2, 0.25) is 15.8 Å². The molecule has 0 radical (unpaired) electrons. The number of hydrogen-bond donors (Lipinski definition) is 2. The van der Waals surface area contributed by atoms with Crippen molar-refractivity contribution in [2.45, 2.75) is 9.79 Å². The Bertz CT molecular complexity index is 1730. The highest BCUT2D eigenvalue weighted by atomic mass is 32.2. The first-order valence-corrected chi connectivity index (χ1v) is 11.0. The molecule has 0 aliphatic carbocycles. The number of H-pyrrole nitrogens is 1. The molecule has 9 nitrogen and oxygen atoms in total. The average molecular weight is 468 g/mol. The molecule has 0 unspecified atom stereocenters. The molecule has 0 atom stereocenters. The highest BCUT2D eigenvalue weighted by Gasteiger charge is 2.27. The van der Waals surface area contributed by atoms with Crippen molar-refractivity contribution in [3.05, 3.63) is 76.8 Å². The summed E-state index contributed by atoms with van der Waals surface area (Å²) in [5, 5.41) is 10.9. The van der Waals surface area contributed by atoms with Crippen LogP contribution < -0.4 is 10.9 Å². The largest absolute Gasteiger partial charge is 0.324 e. The van der Waals surface area contributed by atoms with Gasteiger partial charge in [0, 0.05) is 35.8 Å². The van der Waals surface area contributed by atoms with Gasteiger partial charge in [-0.15, -0.1) is 0 Å². The van der Waals surface area contributed by atoms with Crippen LogP contribution in [-0.2, 0) is 16.9 Å². The van der Waals surface area contributed by atoms with Gasteiger partial charge in [0.15, 0.2) is 0 Å². The van der Waals surface area contributed by atoms with E-state index in [1.54, 1.807) is 12.3 Å². The maximum absolute atomic E-state index is 14.1. The lowest BCUT2D eigenvalue weighted by Gasteiger charge is -2.11. The fourth-order valence-electron chi connectivity index (χ4n) is 3.43. The summed E-state index contributed by atoms with van der Waals surface area (Å²) < 4.78 is 54.3. The van der Waals surface area contributed by atoms with E-state index in [1.807, 2.05) is 12.1 Å². The van der Waals surface area contributed by atoms with Crippen molar-refractivity contribution in [3.63, 3.8) is 0 Å². The monoisotopic (exact) mass is 468 g/mol. The number of nitrogens with zero attached hydrogens (tertiary/aromatic N) is 4. The van der Waals surface area contributed by atoms with Crippen molar-refractivity contribution in [1.82, 2.24) is 24.7 Å². The number of rotatable bonds is 4. The number of anilines is 2. The van der Waals surface area contributed by atoms with Crippen LogP contribution in [0.3, 0.4) is 0 Å². The summed E-state index contributed by atoms with van der Waals surface area (Å²) in [4.78, 5) is 19.9. The fourth-order valence-corrected chi connectivity index (χ4v) is 4.88. The lowest BCUT2D eigenvalue weighted by molar-refractivity contribution is 0.548. The van der Waals surface area contributed by atoms with Crippen LogP contribution in [0.2, 0.25) is 0 Å². The Morgan fingerprint density at radius 3 is 2.61 bits per heavy atom. The number of halogens is 2. The van der Waals surface area contributed by atoms with Crippen LogP contribution in [-0.4, -0.2) is 33.2 Å². The second kappa shape index (κ2) is 7.45. The molecule has 0 amide bonds. The van der Waals surface area contributed by atoms with Crippen LogP contribution in [0.15, 0.2) is 69.4 Å². The molecule has 5 aromatic rings. The van der Waals surface area contributed by atoms with E-state index in [2.05, 4.69) is 25.5 Å². The van der Waals surface area contributed by atoms with E-state index in [0.29, 0.717) is 11.8 Å². The summed E-state index contributed by atoms with van der Waals surface area (Å²) in [7, 11) is -3.21.